The Balaban J connectivity index is 1.91. The van der Waals surface area contributed by atoms with Crippen LogP contribution in [0.2, 0.25) is 0 Å². The predicted octanol–water partition coefficient (Wildman–Crippen LogP) is 0.247. The van der Waals surface area contributed by atoms with Gasteiger partial charge in [-0.3, -0.25) is 14.6 Å². The zero-order valence-electron chi connectivity index (χ0n) is 14.7. The number of aliphatic carboxylic acids is 1. The van der Waals surface area contributed by atoms with Crippen molar-refractivity contribution in [2.45, 2.75) is 32.4 Å². The largest absolute Gasteiger partial charge is 0.480 e. The lowest BCUT2D eigenvalue weighted by atomic mass is 9.83. The van der Waals surface area contributed by atoms with Gasteiger partial charge in [-0.2, -0.15) is 0 Å². The van der Waals surface area contributed by atoms with Crippen molar-refractivity contribution in [1.82, 2.24) is 15.2 Å². The van der Waals surface area contributed by atoms with Crippen LogP contribution in [0.3, 0.4) is 0 Å². The molecule has 2 saturated heterocycles. The number of amides is 2. The number of hydrogen-bond donors (Lipinski definition) is 3. The molecule has 1 unspecified atom stereocenters. The van der Waals surface area contributed by atoms with E-state index in [2.05, 4.69) is 10.3 Å². The Bertz CT molecular complexity index is 802. The Labute approximate surface area is 151 Å². The first kappa shape index (κ1) is 18.1. The van der Waals surface area contributed by atoms with Gasteiger partial charge in [0.25, 0.3) is 11.8 Å². The van der Waals surface area contributed by atoms with E-state index in [4.69, 9.17) is 5.73 Å². The highest BCUT2D eigenvalue weighted by molar-refractivity contribution is 6.09. The number of hydrogen-bond acceptors (Lipinski definition) is 5. The molecule has 1 aromatic rings. The summed E-state index contributed by atoms with van der Waals surface area (Å²) in [7, 11) is 0. The van der Waals surface area contributed by atoms with Crippen LogP contribution in [0.4, 0.5) is 0 Å². The van der Waals surface area contributed by atoms with Gasteiger partial charge < -0.3 is 21.1 Å². The summed E-state index contributed by atoms with van der Waals surface area (Å²) in [6.45, 7) is 4.36. The average molecular weight is 358 g/mol. The van der Waals surface area contributed by atoms with Crippen LogP contribution in [0, 0.1) is 5.41 Å². The lowest BCUT2D eigenvalue weighted by molar-refractivity contribution is -0.154. The van der Waals surface area contributed by atoms with Gasteiger partial charge in [0.05, 0.1) is 17.3 Å². The average Bonchev–Trinajstić information content (AvgIpc) is 2.86. The maximum atomic E-state index is 12.6. The highest BCUT2D eigenvalue weighted by atomic mass is 16.4. The van der Waals surface area contributed by atoms with E-state index in [1.165, 1.54) is 4.90 Å². The third-order valence-corrected chi connectivity index (χ3v) is 4.95. The van der Waals surface area contributed by atoms with Gasteiger partial charge in [0.2, 0.25) is 0 Å². The quantitative estimate of drug-likeness (QED) is 0.512. The van der Waals surface area contributed by atoms with E-state index in [-0.39, 0.29) is 17.9 Å². The molecule has 0 saturated carbocycles. The second kappa shape index (κ2) is 6.53. The van der Waals surface area contributed by atoms with E-state index >= 15 is 0 Å². The van der Waals surface area contributed by atoms with Crippen LogP contribution >= 0.6 is 0 Å². The van der Waals surface area contributed by atoms with Gasteiger partial charge >= 0.3 is 5.97 Å². The van der Waals surface area contributed by atoms with Crippen molar-refractivity contribution < 1.29 is 19.5 Å². The molecule has 0 radical (unpaired) electrons. The molecule has 2 aliphatic rings. The van der Waals surface area contributed by atoms with E-state index < -0.39 is 17.4 Å². The van der Waals surface area contributed by atoms with Gasteiger partial charge in [-0.25, -0.2) is 4.79 Å². The first-order valence-corrected chi connectivity index (χ1v) is 8.48. The minimum Gasteiger partial charge on any atom is -0.480 e. The van der Waals surface area contributed by atoms with Crippen molar-refractivity contribution in [2.75, 3.05) is 13.1 Å². The van der Waals surface area contributed by atoms with Gasteiger partial charge in [-0.15, -0.1) is 0 Å². The van der Waals surface area contributed by atoms with E-state index in [1.54, 1.807) is 24.4 Å². The number of carbonyl (C=O) groups is 3. The van der Waals surface area contributed by atoms with Crippen molar-refractivity contribution in [3.8, 4) is 0 Å². The maximum Gasteiger partial charge on any atom is 0.327 e. The molecule has 0 aromatic carbocycles. The van der Waals surface area contributed by atoms with E-state index in [0.29, 0.717) is 36.3 Å². The summed E-state index contributed by atoms with van der Waals surface area (Å²) >= 11 is 0. The lowest BCUT2D eigenvalue weighted by Gasteiger charge is -2.40. The summed E-state index contributed by atoms with van der Waals surface area (Å²) in [5.74, 6) is -1.62. The Morgan fingerprint density at radius 1 is 1.50 bits per heavy atom. The number of carbonyl (C=O) groups excluding carboxylic acids is 2. The second-order valence-electron chi connectivity index (χ2n) is 7.24. The molecule has 2 atom stereocenters. The fourth-order valence-corrected chi connectivity index (χ4v) is 3.77. The standard InChI is InChI=1S/C18H22N4O4/c1-18(2)9-13-11(16(24)22(13)14(18)17(25)26)8-12-10(4-3-6-20-12)15(23)21-7-5-19/h3-4,6,8,13-14H,5,7,9,19H2,1-2H3,(H,21,23)(H,25,26)/b11-8+/t13?,14-/m0/s1. The summed E-state index contributed by atoms with van der Waals surface area (Å²) in [5, 5.41) is 12.2. The number of fused-ring (bicyclic) bond motifs is 1. The number of pyridine rings is 1. The van der Waals surface area contributed by atoms with Gasteiger partial charge in [0, 0.05) is 24.9 Å². The van der Waals surface area contributed by atoms with Gasteiger partial charge in [0.15, 0.2) is 0 Å². The molecule has 0 spiro atoms. The Morgan fingerprint density at radius 3 is 2.88 bits per heavy atom. The Hall–Kier alpha value is -2.74. The van der Waals surface area contributed by atoms with Crippen molar-refractivity contribution in [2.24, 2.45) is 11.1 Å². The molecule has 3 heterocycles. The number of nitrogens with two attached hydrogens (primary N) is 1. The van der Waals surface area contributed by atoms with Crippen LogP contribution in [0.5, 0.6) is 0 Å². The molecule has 8 nitrogen and oxygen atoms in total. The number of rotatable bonds is 5. The first-order valence-electron chi connectivity index (χ1n) is 8.48. The van der Waals surface area contributed by atoms with Crippen LogP contribution in [-0.4, -0.2) is 57.9 Å². The van der Waals surface area contributed by atoms with Crippen LogP contribution in [0.1, 0.15) is 36.3 Å². The summed E-state index contributed by atoms with van der Waals surface area (Å²) in [4.78, 5) is 42.0. The van der Waals surface area contributed by atoms with Crippen LogP contribution in [0.15, 0.2) is 23.9 Å². The molecule has 2 amide bonds. The first-order chi connectivity index (χ1) is 12.3. The SMILES string of the molecule is CC1(C)CC2/C(=C\c3ncccc3C(=O)NCCN)C(=O)N2[C@H]1C(=O)O. The zero-order chi connectivity index (χ0) is 19.1. The van der Waals surface area contributed by atoms with Crippen LogP contribution in [-0.2, 0) is 9.59 Å². The van der Waals surface area contributed by atoms with Gasteiger partial charge in [0.1, 0.15) is 6.04 Å². The van der Waals surface area contributed by atoms with Crippen LogP contribution < -0.4 is 11.1 Å². The molecule has 138 valence electrons. The smallest absolute Gasteiger partial charge is 0.327 e. The molecule has 2 fully saturated rings. The van der Waals surface area contributed by atoms with E-state index in [9.17, 15) is 19.5 Å². The highest BCUT2D eigenvalue weighted by Crippen LogP contribution is 2.49. The van der Waals surface area contributed by atoms with Crippen molar-refractivity contribution in [3.63, 3.8) is 0 Å². The fourth-order valence-electron chi connectivity index (χ4n) is 3.77. The Morgan fingerprint density at radius 2 is 2.23 bits per heavy atom. The zero-order valence-corrected chi connectivity index (χ0v) is 14.7. The summed E-state index contributed by atoms with van der Waals surface area (Å²) < 4.78 is 0. The van der Waals surface area contributed by atoms with Crippen molar-refractivity contribution >= 4 is 23.9 Å². The number of nitrogens with zero attached hydrogens (tertiary/aromatic N) is 2. The monoisotopic (exact) mass is 358 g/mol. The maximum absolute atomic E-state index is 12.6. The topological polar surface area (TPSA) is 126 Å². The van der Waals surface area contributed by atoms with Gasteiger partial charge in [-0.05, 0) is 30.0 Å². The molecule has 2 aliphatic heterocycles. The molecule has 1 aromatic heterocycles. The molecule has 0 aliphatic carbocycles. The number of carboxylic acids is 1. The fraction of sp³-hybridized carbons (Fsp3) is 0.444. The van der Waals surface area contributed by atoms with E-state index in [1.807, 2.05) is 13.8 Å². The van der Waals surface area contributed by atoms with Crippen molar-refractivity contribution in [3.05, 3.63) is 35.2 Å². The summed E-state index contributed by atoms with van der Waals surface area (Å²) in [6.07, 6.45) is 3.70. The molecule has 0 bridgehead atoms. The molecule has 26 heavy (non-hydrogen) atoms. The minimum atomic E-state index is -0.996. The molecule has 8 heteroatoms. The molecule has 4 N–H and O–H groups in total. The predicted molar refractivity (Wildman–Crippen MR) is 94.1 cm³/mol. The van der Waals surface area contributed by atoms with E-state index in [0.717, 1.165) is 0 Å². The second-order valence-corrected chi connectivity index (χ2v) is 7.24. The Kier molecular flexibility index (Phi) is 4.53. The normalized spacial score (nSPS) is 25.0. The number of aromatic nitrogens is 1. The van der Waals surface area contributed by atoms with Crippen molar-refractivity contribution in [1.29, 1.82) is 0 Å². The molecular formula is C18H22N4O4. The summed E-state index contributed by atoms with van der Waals surface area (Å²) in [5.41, 5.74) is 6.12. The molecule has 3 rings (SSSR count). The number of β-lactam (4-membered cyclic amide) rings is 1. The summed E-state index contributed by atoms with van der Waals surface area (Å²) in [6, 6.07) is 2.17. The highest BCUT2D eigenvalue weighted by Gasteiger charge is 2.60. The lowest BCUT2D eigenvalue weighted by Crippen LogP contribution is -2.57. The van der Waals surface area contributed by atoms with Crippen LogP contribution in [0.25, 0.3) is 6.08 Å². The number of carboxylic acid groups (broad SMARTS) is 1. The molecular weight excluding hydrogens is 336 g/mol. The minimum absolute atomic E-state index is 0.263. The van der Waals surface area contributed by atoms with Gasteiger partial charge in [-0.1, -0.05) is 13.8 Å². The number of nitrogens with one attached hydrogen (secondary N) is 1. The third kappa shape index (κ3) is 2.86. The third-order valence-electron chi connectivity index (χ3n) is 4.95.